The van der Waals surface area contributed by atoms with Gasteiger partial charge in [-0.2, -0.15) is 0 Å². The van der Waals surface area contributed by atoms with Gasteiger partial charge >= 0.3 is 7.12 Å². The van der Waals surface area contributed by atoms with E-state index in [0.29, 0.717) is 6.61 Å². The van der Waals surface area contributed by atoms with Crippen LogP contribution >= 0.6 is 0 Å². The molecule has 0 amide bonds. The van der Waals surface area contributed by atoms with Crippen molar-refractivity contribution in [3.05, 3.63) is 60.4 Å². The molecule has 3 aromatic rings. The van der Waals surface area contributed by atoms with E-state index in [9.17, 15) is 0 Å². The molecule has 1 aliphatic heterocycles. The second-order valence-corrected chi connectivity index (χ2v) is 7.61. The molecule has 1 aromatic carbocycles. The number of hydrogen-bond donors (Lipinski definition) is 0. The number of hydrogen-bond acceptors (Lipinski definition) is 4. The molecular weight excluding hydrogens is 327 g/mol. The van der Waals surface area contributed by atoms with Gasteiger partial charge in [0.2, 0.25) is 0 Å². The summed E-state index contributed by atoms with van der Waals surface area (Å²) in [6, 6.07) is 14.0. The molecule has 0 saturated carbocycles. The SMILES string of the molecule is CC1(C)OB(c2cnc3c(OCc4ccccc4)cccn23)OC1(C)C. The summed E-state index contributed by atoms with van der Waals surface area (Å²) in [5, 5.41) is 0. The topological polar surface area (TPSA) is 45.0 Å². The van der Waals surface area contributed by atoms with Gasteiger partial charge in [0.05, 0.1) is 16.8 Å². The molecule has 4 rings (SSSR count). The maximum absolute atomic E-state index is 6.16. The van der Waals surface area contributed by atoms with Crippen molar-refractivity contribution in [3.63, 3.8) is 0 Å². The molecule has 2 aromatic heterocycles. The van der Waals surface area contributed by atoms with Crippen LogP contribution in [0.25, 0.3) is 5.65 Å². The van der Waals surface area contributed by atoms with Crippen molar-refractivity contribution >= 4 is 18.4 Å². The maximum Gasteiger partial charge on any atom is 0.514 e. The zero-order valence-electron chi connectivity index (χ0n) is 15.6. The van der Waals surface area contributed by atoms with Crippen molar-refractivity contribution in [3.8, 4) is 5.75 Å². The van der Waals surface area contributed by atoms with Crippen molar-refractivity contribution in [2.24, 2.45) is 0 Å². The molecule has 0 spiro atoms. The molecule has 134 valence electrons. The van der Waals surface area contributed by atoms with Crippen LogP contribution in [0.1, 0.15) is 33.3 Å². The van der Waals surface area contributed by atoms with Gasteiger partial charge in [0.1, 0.15) is 6.61 Å². The lowest BCUT2D eigenvalue weighted by atomic mass is 9.85. The van der Waals surface area contributed by atoms with E-state index < -0.39 is 7.12 Å². The normalized spacial score (nSPS) is 18.4. The molecule has 0 atom stereocenters. The Hall–Kier alpha value is -2.31. The lowest BCUT2D eigenvalue weighted by molar-refractivity contribution is 0.00578. The summed E-state index contributed by atoms with van der Waals surface area (Å²) >= 11 is 0. The Morgan fingerprint density at radius 2 is 1.69 bits per heavy atom. The summed E-state index contributed by atoms with van der Waals surface area (Å²) in [7, 11) is -0.459. The summed E-state index contributed by atoms with van der Waals surface area (Å²) in [6.07, 6.45) is 3.75. The van der Waals surface area contributed by atoms with E-state index in [4.69, 9.17) is 14.0 Å². The summed E-state index contributed by atoms with van der Waals surface area (Å²) < 4.78 is 20.3. The Balaban J connectivity index is 1.62. The first-order chi connectivity index (χ1) is 12.4. The molecule has 0 radical (unpaired) electrons. The van der Waals surface area contributed by atoms with Gasteiger partial charge < -0.3 is 18.4 Å². The summed E-state index contributed by atoms with van der Waals surface area (Å²) in [5.41, 5.74) is 1.97. The van der Waals surface area contributed by atoms with Crippen LogP contribution in [0.15, 0.2) is 54.9 Å². The van der Waals surface area contributed by atoms with E-state index >= 15 is 0 Å². The predicted molar refractivity (Wildman–Crippen MR) is 102 cm³/mol. The van der Waals surface area contributed by atoms with Gasteiger partial charge in [0, 0.05) is 12.4 Å². The van der Waals surface area contributed by atoms with Crippen molar-refractivity contribution in [2.75, 3.05) is 0 Å². The molecule has 6 heteroatoms. The Bertz CT molecular complexity index is 905. The number of imidazole rings is 1. The van der Waals surface area contributed by atoms with E-state index in [1.807, 2.05) is 80.8 Å². The zero-order valence-corrected chi connectivity index (χ0v) is 15.6. The molecular formula is C20H23BN2O3. The third kappa shape index (κ3) is 2.89. The lowest BCUT2D eigenvalue weighted by Crippen LogP contribution is -2.41. The fourth-order valence-corrected chi connectivity index (χ4v) is 2.99. The predicted octanol–water partition coefficient (Wildman–Crippen LogP) is 3.21. The third-order valence-electron chi connectivity index (χ3n) is 5.26. The van der Waals surface area contributed by atoms with Crippen LogP contribution < -0.4 is 10.3 Å². The Morgan fingerprint density at radius 3 is 2.38 bits per heavy atom. The van der Waals surface area contributed by atoms with Gasteiger partial charge in [-0.25, -0.2) is 4.98 Å². The number of rotatable bonds is 4. The molecule has 3 heterocycles. The van der Waals surface area contributed by atoms with Crippen LogP contribution in [0.4, 0.5) is 0 Å². The second kappa shape index (κ2) is 6.14. The van der Waals surface area contributed by atoms with Crippen LogP contribution in [-0.2, 0) is 15.9 Å². The van der Waals surface area contributed by atoms with E-state index in [2.05, 4.69) is 4.98 Å². The number of aromatic nitrogens is 2. The molecule has 26 heavy (non-hydrogen) atoms. The molecule has 5 nitrogen and oxygen atoms in total. The highest BCUT2D eigenvalue weighted by atomic mass is 16.7. The van der Waals surface area contributed by atoms with Gasteiger partial charge in [-0.05, 0) is 45.4 Å². The molecule has 0 unspecified atom stereocenters. The van der Waals surface area contributed by atoms with E-state index in [1.165, 1.54) is 0 Å². The van der Waals surface area contributed by atoms with E-state index in [-0.39, 0.29) is 11.2 Å². The Labute approximate surface area is 154 Å². The van der Waals surface area contributed by atoms with Crippen molar-refractivity contribution in [1.82, 2.24) is 9.38 Å². The monoisotopic (exact) mass is 350 g/mol. The first-order valence-corrected chi connectivity index (χ1v) is 8.86. The minimum Gasteiger partial charge on any atom is -0.485 e. The Kier molecular flexibility index (Phi) is 4.05. The van der Waals surface area contributed by atoms with Crippen LogP contribution in [0.2, 0.25) is 0 Å². The van der Waals surface area contributed by atoms with Gasteiger partial charge in [-0.1, -0.05) is 30.3 Å². The van der Waals surface area contributed by atoms with Crippen molar-refractivity contribution < 1.29 is 14.0 Å². The molecule has 1 saturated heterocycles. The van der Waals surface area contributed by atoms with Gasteiger partial charge in [-0.15, -0.1) is 0 Å². The molecule has 0 N–H and O–H groups in total. The number of fused-ring (bicyclic) bond motifs is 1. The smallest absolute Gasteiger partial charge is 0.485 e. The first kappa shape index (κ1) is 17.1. The minimum absolute atomic E-state index is 0.386. The molecule has 0 bridgehead atoms. The van der Waals surface area contributed by atoms with Gasteiger partial charge in [0.15, 0.2) is 11.4 Å². The van der Waals surface area contributed by atoms with Gasteiger partial charge in [-0.3, -0.25) is 0 Å². The minimum atomic E-state index is -0.459. The highest BCUT2D eigenvalue weighted by Gasteiger charge is 2.52. The highest BCUT2D eigenvalue weighted by molar-refractivity contribution is 6.61. The summed E-state index contributed by atoms with van der Waals surface area (Å²) in [6.45, 7) is 8.68. The maximum atomic E-state index is 6.16. The number of nitrogens with zero attached hydrogens (tertiary/aromatic N) is 2. The summed E-state index contributed by atoms with van der Waals surface area (Å²) in [5.74, 6) is 0.735. The number of benzene rings is 1. The highest BCUT2D eigenvalue weighted by Crippen LogP contribution is 2.36. The van der Waals surface area contributed by atoms with Crippen LogP contribution in [-0.4, -0.2) is 27.7 Å². The quantitative estimate of drug-likeness (QED) is 0.678. The molecule has 1 fully saturated rings. The third-order valence-corrected chi connectivity index (χ3v) is 5.26. The average Bonchev–Trinajstić information content (AvgIpc) is 3.12. The first-order valence-electron chi connectivity index (χ1n) is 8.86. The van der Waals surface area contributed by atoms with E-state index in [0.717, 1.165) is 22.6 Å². The van der Waals surface area contributed by atoms with Crippen molar-refractivity contribution in [2.45, 2.75) is 45.5 Å². The largest absolute Gasteiger partial charge is 0.514 e. The van der Waals surface area contributed by atoms with Crippen molar-refractivity contribution in [1.29, 1.82) is 0 Å². The fraction of sp³-hybridized carbons (Fsp3) is 0.350. The average molecular weight is 350 g/mol. The van der Waals surface area contributed by atoms with Crippen LogP contribution in [0, 0.1) is 0 Å². The second-order valence-electron chi connectivity index (χ2n) is 7.61. The fourth-order valence-electron chi connectivity index (χ4n) is 2.99. The number of pyridine rings is 1. The zero-order chi connectivity index (χ0) is 18.4. The van der Waals surface area contributed by atoms with Crippen LogP contribution in [0.5, 0.6) is 5.75 Å². The number of ether oxygens (including phenoxy) is 1. The van der Waals surface area contributed by atoms with Crippen LogP contribution in [0.3, 0.4) is 0 Å². The van der Waals surface area contributed by atoms with Gasteiger partial charge in [0.25, 0.3) is 0 Å². The molecule has 0 aliphatic carbocycles. The summed E-state index contributed by atoms with van der Waals surface area (Å²) in [4.78, 5) is 4.55. The van der Waals surface area contributed by atoms with E-state index in [1.54, 1.807) is 6.20 Å². The standard InChI is InChI=1S/C20H23BN2O3/c1-19(2)20(3,4)26-21(25-19)17-13-22-18-16(11-8-12-23(17)18)24-14-15-9-6-5-7-10-15/h5-13H,14H2,1-4H3. The lowest BCUT2D eigenvalue weighted by Gasteiger charge is -2.32. The Morgan fingerprint density at radius 1 is 1.00 bits per heavy atom. The molecule has 1 aliphatic rings.